The highest BCUT2D eigenvalue weighted by atomic mass is 19.1. The van der Waals surface area contributed by atoms with Crippen molar-refractivity contribution in [1.82, 2.24) is 5.32 Å². The van der Waals surface area contributed by atoms with Crippen LogP contribution in [0.15, 0.2) is 42.5 Å². The van der Waals surface area contributed by atoms with Gasteiger partial charge in [0.05, 0.1) is 0 Å². The van der Waals surface area contributed by atoms with Crippen molar-refractivity contribution in [3.63, 3.8) is 0 Å². The van der Waals surface area contributed by atoms with Gasteiger partial charge in [0.1, 0.15) is 6.61 Å². The van der Waals surface area contributed by atoms with Crippen molar-refractivity contribution in [3.05, 3.63) is 59.4 Å². The molecule has 0 fully saturated rings. The van der Waals surface area contributed by atoms with E-state index < -0.39 is 0 Å². The summed E-state index contributed by atoms with van der Waals surface area (Å²) < 4.78 is 18.8. The van der Waals surface area contributed by atoms with E-state index in [2.05, 4.69) is 10.6 Å². The highest BCUT2D eigenvalue weighted by Gasteiger charge is 2.09. The minimum Gasteiger partial charge on any atom is -0.489 e. The maximum Gasteiger partial charge on any atom is 0.251 e. The van der Waals surface area contributed by atoms with Crippen LogP contribution in [-0.4, -0.2) is 26.1 Å². The van der Waals surface area contributed by atoms with Crippen molar-refractivity contribution < 1.29 is 13.9 Å². The van der Waals surface area contributed by atoms with Crippen molar-refractivity contribution in [2.45, 2.75) is 6.92 Å². The molecule has 2 aromatic carbocycles. The van der Waals surface area contributed by atoms with Crippen LogP contribution in [-0.2, 0) is 0 Å². The molecule has 22 heavy (non-hydrogen) atoms. The standard InChI is InChI=1S/C17H19FN2O2/c1-12-13(17(21)19-2)6-5-8-15(12)20-10-11-22-16-9-4-3-7-14(16)18/h3-9,20H,10-11H2,1-2H3,(H,19,21). The van der Waals surface area contributed by atoms with Gasteiger partial charge < -0.3 is 15.4 Å². The van der Waals surface area contributed by atoms with E-state index in [1.165, 1.54) is 6.07 Å². The number of ether oxygens (including phenoxy) is 1. The first kappa shape index (κ1) is 15.8. The lowest BCUT2D eigenvalue weighted by molar-refractivity contribution is 0.0962. The molecular formula is C17H19FN2O2. The van der Waals surface area contributed by atoms with E-state index in [1.807, 2.05) is 19.1 Å². The first-order valence-electron chi connectivity index (χ1n) is 7.06. The molecule has 0 spiro atoms. The molecule has 0 aliphatic carbocycles. The normalized spacial score (nSPS) is 10.1. The minimum atomic E-state index is -0.375. The monoisotopic (exact) mass is 302 g/mol. The van der Waals surface area contributed by atoms with Gasteiger partial charge in [-0.1, -0.05) is 18.2 Å². The molecule has 0 aliphatic heterocycles. The Labute approximate surface area is 129 Å². The van der Waals surface area contributed by atoms with Crippen molar-refractivity contribution in [3.8, 4) is 5.75 Å². The summed E-state index contributed by atoms with van der Waals surface area (Å²) in [6.45, 7) is 2.71. The molecule has 0 saturated carbocycles. The number of nitrogens with one attached hydrogen (secondary N) is 2. The number of carbonyl (C=O) groups excluding carboxylic acids is 1. The van der Waals surface area contributed by atoms with Gasteiger partial charge in [-0.25, -0.2) is 4.39 Å². The Bertz CT molecular complexity index is 659. The van der Waals surface area contributed by atoms with E-state index in [4.69, 9.17) is 4.74 Å². The summed E-state index contributed by atoms with van der Waals surface area (Å²) >= 11 is 0. The topological polar surface area (TPSA) is 50.4 Å². The predicted molar refractivity (Wildman–Crippen MR) is 85.0 cm³/mol. The van der Waals surface area contributed by atoms with E-state index in [0.717, 1.165) is 11.3 Å². The zero-order valence-electron chi connectivity index (χ0n) is 12.7. The molecule has 4 nitrogen and oxygen atoms in total. The molecule has 116 valence electrons. The van der Waals surface area contributed by atoms with Gasteiger partial charge in [-0.15, -0.1) is 0 Å². The molecule has 0 unspecified atom stereocenters. The maximum absolute atomic E-state index is 13.4. The van der Waals surface area contributed by atoms with Crippen molar-refractivity contribution >= 4 is 11.6 Å². The number of benzene rings is 2. The predicted octanol–water partition coefficient (Wildman–Crippen LogP) is 2.98. The summed E-state index contributed by atoms with van der Waals surface area (Å²) in [5.74, 6) is -0.260. The molecule has 2 aromatic rings. The summed E-state index contributed by atoms with van der Waals surface area (Å²) in [4.78, 5) is 11.7. The molecule has 5 heteroatoms. The van der Waals surface area contributed by atoms with Crippen molar-refractivity contribution in [1.29, 1.82) is 0 Å². The highest BCUT2D eigenvalue weighted by Crippen LogP contribution is 2.19. The van der Waals surface area contributed by atoms with Crippen LogP contribution in [0.5, 0.6) is 5.75 Å². The molecule has 1 amide bonds. The number of carbonyl (C=O) groups is 1. The second-order valence-corrected chi connectivity index (χ2v) is 4.76. The maximum atomic E-state index is 13.4. The Balaban J connectivity index is 1.92. The first-order chi connectivity index (χ1) is 10.6. The number of para-hydroxylation sites is 1. The largest absolute Gasteiger partial charge is 0.489 e. The van der Waals surface area contributed by atoms with Gasteiger partial charge in [0, 0.05) is 24.8 Å². The second-order valence-electron chi connectivity index (χ2n) is 4.76. The van der Waals surface area contributed by atoms with E-state index in [-0.39, 0.29) is 17.5 Å². The molecule has 0 radical (unpaired) electrons. The summed E-state index contributed by atoms with van der Waals surface area (Å²) in [5.41, 5.74) is 2.36. The van der Waals surface area contributed by atoms with Crippen LogP contribution < -0.4 is 15.4 Å². The smallest absolute Gasteiger partial charge is 0.251 e. The van der Waals surface area contributed by atoms with Gasteiger partial charge in [-0.3, -0.25) is 4.79 Å². The first-order valence-corrected chi connectivity index (χ1v) is 7.06. The summed E-state index contributed by atoms with van der Waals surface area (Å²) in [5, 5.41) is 5.81. The van der Waals surface area contributed by atoms with E-state index >= 15 is 0 Å². The number of anilines is 1. The Hall–Kier alpha value is -2.56. The van der Waals surface area contributed by atoms with Crippen LogP contribution in [0.4, 0.5) is 10.1 Å². The quantitative estimate of drug-likeness (QED) is 0.807. The fraction of sp³-hybridized carbons (Fsp3) is 0.235. The Morgan fingerprint density at radius 3 is 2.68 bits per heavy atom. The second kappa shape index (κ2) is 7.45. The van der Waals surface area contributed by atoms with Gasteiger partial charge in [-0.2, -0.15) is 0 Å². The lowest BCUT2D eigenvalue weighted by Crippen LogP contribution is -2.20. The van der Waals surface area contributed by atoms with Gasteiger partial charge >= 0.3 is 0 Å². The summed E-state index contributed by atoms with van der Waals surface area (Å²) in [6, 6.07) is 11.8. The van der Waals surface area contributed by atoms with Crippen LogP contribution >= 0.6 is 0 Å². The third-order valence-electron chi connectivity index (χ3n) is 3.32. The number of hydrogen-bond donors (Lipinski definition) is 2. The van der Waals surface area contributed by atoms with Gasteiger partial charge in [0.25, 0.3) is 5.91 Å². The third-order valence-corrected chi connectivity index (χ3v) is 3.32. The number of halogens is 1. The van der Waals surface area contributed by atoms with Crippen LogP contribution in [0.1, 0.15) is 15.9 Å². The molecule has 0 aliphatic rings. The summed E-state index contributed by atoms with van der Waals surface area (Å²) in [7, 11) is 1.60. The van der Waals surface area contributed by atoms with Crippen LogP contribution in [0.3, 0.4) is 0 Å². The Morgan fingerprint density at radius 1 is 1.18 bits per heavy atom. The average Bonchev–Trinajstić information content (AvgIpc) is 2.53. The molecule has 2 rings (SSSR count). The van der Waals surface area contributed by atoms with Crippen molar-refractivity contribution in [2.24, 2.45) is 0 Å². The fourth-order valence-corrected chi connectivity index (χ4v) is 2.12. The van der Waals surface area contributed by atoms with E-state index in [9.17, 15) is 9.18 Å². The molecule has 0 saturated heterocycles. The number of rotatable bonds is 6. The minimum absolute atomic E-state index is 0.122. The van der Waals surface area contributed by atoms with E-state index in [1.54, 1.807) is 31.3 Å². The molecule has 0 heterocycles. The van der Waals surface area contributed by atoms with Crippen LogP contribution in [0.2, 0.25) is 0 Å². The Kier molecular flexibility index (Phi) is 5.36. The zero-order chi connectivity index (χ0) is 15.9. The third kappa shape index (κ3) is 3.75. The Morgan fingerprint density at radius 2 is 1.95 bits per heavy atom. The molecule has 0 atom stereocenters. The molecular weight excluding hydrogens is 283 g/mol. The number of hydrogen-bond acceptors (Lipinski definition) is 3. The van der Waals surface area contributed by atoms with Crippen molar-refractivity contribution in [2.75, 3.05) is 25.5 Å². The van der Waals surface area contributed by atoms with Gasteiger partial charge in [0.15, 0.2) is 11.6 Å². The summed E-state index contributed by atoms with van der Waals surface area (Å²) in [6.07, 6.45) is 0. The van der Waals surface area contributed by atoms with Gasteiger partial charge in [-0.05, 0) is 36.8 Å². The van der Waals surface area contributed by atoms with Gasteiger partial charge in [0.2, 0.25) is 0 Å². The molecule has 0 bridgehead atoms. The fourth-order valence-electron chi connectivity index (χ4n) is 2.12. The molecule has 2 N–H and O–H groups in total. The average molecular weight is 302 g/mol. The number of amides is 1. The van der Waals surface area contributed by atoms with Crippen LogP contribution in [0, 0.1) is 12.7 Å². The SMILES string of the molecule is CNC(=O)c1cccc(NCCOc2ccccc2F)c1C. The van der Waals surface area contributed by atoms with Crippen LogP contribution in [0.25, 0.3) is 0 Å². The van der Waals surface area contributed by atoms with E-state index in [0.29, 0.717) is 18.7 Å². The highest BCUT2D eigenvalue weighted by molar-refractivity contribution is 5.96. The molecule has 0 aromatic heterocycles. The zero-order valence-corrected chi connectivity index (χ0v) is 12.7. The lowest BCUT2D eigenvalue weighted by Gasteiger charge is -2.13. The lowest BCUT2D eigenvalue weighted by atomic mass is 10.1.